The number of likely N-dealkylation sites (tertiary alicyclic amines) is 1. The van der Waals surface area contributed by atoms with Crippen LogP contribution in [0.3, 0.4) is 0 Å². The Morgan fingerprint density at radius 1 is 1.30 bits per heavy atom. The van der Waals surface area contributed by atoms with Gasteiger partial charge in [-0.05, 0) is 60.3 Å². The fourth-order valence-corrected chi connectivity index (χ4v) is 4.80. The molecule has 2 aliphatic heterocycles. The fourth-order valence-electron chi connectivity index (χ4n) is 4.28. The van der Waals surface area contributed by atoms with E-state index < -0.39 is 0 Å². The van der Waals surface area contributed by atoms with Gasteiger partial charge in [0.1, 0.15) is 3.70 Å². The lowest BCUT2D eigenvalue weighted by molar-refractivity contribution is -0.0611. The van der Waals surface area contributed by atoms with Gasteiger partial charge in [0.05, 0.1) is 25.3 Å². The van der Waals surface area contributed by atoms with Crippen LogP contribution in [0.25, 0.3) is 0 Å². The quantitative estimate of drug-likeness (QED) is 0.748. The van der Waals surface area contributed by atoms with Crippen LogP contribution in [0.1, 0.15) is 37.4 Å². The van der Waals surface area contributed by atoms with Crippen LogP contribution < -0.4 is 0 Å². The lowest BCUT2D eigenvalue weighted by atomic mass is 9.91. The summed E-state index contributed by atoms with van der Waals surface area (Å²) in [6.45, 7) is 4.41. The van der Waals surface area contributed by atoms with E-state index in [1.54, 1.807) is 5.69 Å². The standard InChI is InChI=1S/C15H20IN3O/c16-14-4-13(19(17-14)11-2-1-3-11)15-5-10(15)6-18(9-15)12-7-20-8-12/h4,10-12H,1-3,5-9H2. The van der Waals surface area contributed by atoms with Gasteiger partial charge in [0.15, 0.2) is 0 Å². The lowest BCUT2D eigenvalue weighted by Gasteiger charge is -2.36. The topological polar surface area (TPSA) is 30.3 Å². The number of nitrogens with zero attached hydrogens (tertiary/aromatic N) is 3. The number of halogens is 1. The van der Waals surface area contributed by atoms with Crippen molar-refractivity contribution in [3.05, 3.63) is 15.5 Å². The van der Waals surface area contributed by atoms with Crippen molar-refractivity contribution in [2.24, 2.45) is 5.92 Å². The molecule has 5 heteroatoms. The normalized spacial score (nSPS) is 37.5. The van der Waals surface area contributed by atoms with Crippen LogP contribution in [0.5, 0.6) is 0 Å². The van der Waals surface area contributed by atoms with E-state index in [-0.39, 0.29) is 0 Å². The van der Waals surface area contributed by atoms with Crippen molar-refractivity contribution in [2.45, 2.75) is 43.2 Å². The Kier molecular flexibility index (Phi) is 2.60. The van der Waals surface area contributed by atoms with Crippen molar-refractivity contribution in [3.8, 4) is 0 Å². The Labute approximate surface area is 133 Å². The molecule has 0 radical (unpaired) electrons. The minimum Gasteiger partial charge on any atom is -0.378 e. The summed E-state index contributed by atoms with van der Waals surface area (Å²) in [5.41, 5.74) is 1.97. The number of rotatable bonds is 3. The summed E-state index contributed by atoms with van der Waals surface area (Å²) in [4.78, 5) is 2.67. The van der Waals surface area contributed by atoms with Crippen LogP contribution >= 0.6 is 22.6 Å². The van der Waals surface area contributed by atoms with E-state index in [2.05, 4.69) is 38.2 Å². The van der Waals surface area contributed by atoms with Crippen molar-refractivity contribution in [3.63, 3.8) is 0 Å². The molecule has 20 heavy (non-hydrogen) atoms. The van der Waals surface area contributed by atoms with E-state index in [0.717, 1.165) is 19.1 Å². The fraction of sp³-hybridized carbons (Fsp3) is 0.800. The third-order valence-corrected chi connectivity index (χ3v) is 6.47. The molecule has 1 aromatic rings. The summed E-state index contributed by atoms with van der Waals surface area (Å²) in [5, 5.41) is 4.81. The zero-order valence-corrected chi connectivity index (χ0v) is 13.8. The van der Waals surface area contributed by atoms with E-state index in [1.807, 2.05) is 0 Å². The van der Waals surface area contributed by atoms with E-state index in [4.69, 9.17) is 9.84 Å². The number of aromatic nitrogens is 2. The van der Waals surface area contributed by atoms with Crippen molar-refractivity contribution >= 4 is 22.6 Å². The summed E-state index contributed by atoms with van der Waals surface area (Å²) in [6, 6.07) is 3.74. The summed E-state index contributed by atoms with van der Waals surface area (Å²) in [7, 11) is 0. The van der Waals surface area contributed by atoms with E-state index >= 15 is 0 Å². The molecule has 0 bridgehead atoms. The van der Waals surface area contributed by atoms with Gasteiger partial charge in [-0.25, -0.2) is 0 Å². The third kappa shape index (κ3) is 1.63. The molecular formula is C15H20IN3O. The first-order valence-electron chi connectivity index (χ1n) is 7.84. The molecule has 4 fully saturated rings. The van der Waals surface area contributed by atoms with Gasteiger partial charge in [-0.2, -0.15) is 5.10 Å². The number of ether oxygens (including phenoxy) is 1. The maximum Gasteiger partial charge on any atom is 0.123 e. The molecule has 0 amide bonds. The van der Waals surface area contributed by atoms with Crippen LogP contribution in [0.15, 0.2) is 6.07 Å². The highest BCUT2D eigenvalue weighted by atomic mass is 127. The highest BCUT2D eigenvalue weighted by molar-refractivity contribution is 14.1. The number of piperidine rings is 1. The zero-order chi connectivity index (χ0) is 13.3. The second kappa shape index (κ2) is 4.20. The van der Waals surface area contributed by atoms with E-state index in [1.165, 1.54) is 42.5 Å². The molecule has 4 aliphatic rings. The van der Waals surface area contributed by atoms with Crippen LogP contribution in [0.2, 0.25) is 0 Å². The van der Waals surface area contributed by atoms with Gasteiger partial charge in [0, 0.05) is 24.2 Å². The Hall–Kier alpha value is -0.140. The second-order valence-electron chi connectivity index (χ2n) is 7.06. The average molecular weight is 385 g/mol. The average Bonchev–Trinajstić information content (AvgIpc) is 2.65. The molecule has 0 aromatic carbocycles. The maximum absolute atomic E-state index is 5.37. The Bertz CT molecular complexity index is 551. The first-order chi connectivity index (χ1) is 9.76. The summed E-state index contributed by atoms with van der Waals surface area (Å²) >= 11 is 2.38. The number of hydrogen-bond acceptors (Lipinski definition) is 3. The van der Waals surface area contributed by atoms with Crippen molar-refractivity contribution in [1.29, 1.82) is 0 Å². The first kappa shape index (κ1) is 12.4. The summed E-state index contributed by atoms with van der Waals surface area (Å²) in [5.74, 6) is 0.870. The molecule has 0 spiro atoms. The third-order valence-electron chi connectivity index (χ3n) is 5.95. The summed E-state index contributed by atoms with van der Waals surface area (Å²) in [6.07, 6.45) is 5.41. The van der Waals surface area contributed by atoms with E-state index in [9.17, 15) is 0 Å². The predicted molar refractivity (Wildman–Crippen MR) is 83.8 cm³/mol. The molecule has 2 unspecified atom stereocenters. The van der Waals surface area contributed by atoms with Gasteiger partial charge in [-0.15, -0.1) is 0 Å². The highest BCUT2D eigenvalue weighted by Crippen LogP contribution is 2.60. The molecule has 2 saturated carbocycles. The van der Waals surface area contributed by atoms with Gasteiger partial charge in [0.25, 0.3) is 0 Å². The van der Waals surface area contributed by atoms with Crippen molar-refractivity contribution < 1.29 is 4.74 Å². The van der Waals surface area contributed by atoms with Gasteiger partial charge in [-0.1, -0.05) is 0 Å². The molecule has 1 aromatic heterocycles. The maximum atomic E-state index is 5.37. The number of hydrogen-bond donors (Lipinski definition) is 0. The SMILES string of the molecule is Ic1cc(C23CC2CN(C2COC2)C3)n(C2CCC2)n1. The molecule has 0 N–H and O–H groups in total. The number of fused-ring (bicyclic) bond motifs is 1. The minimum atomic E-state index is 0.432. The van der Waals surface area contributed by atoms with Crippen molar-refractivity contribution in [2.75, 3.05) is 26.3 Å². The second-order valence-corrected chi connectivity index (χ2v) is 8.16. The first-order valence-corrected chi connectivity index (χ1v) is 8.91. The monoisotopic (exact) mass is 385 g/mol. The molecule has 4 nitrogen and oxygen atoms in total. The van der Waals surface area contributed by atoms with Gasteiger partial charge in [-0.3, -0.25) is 9.58 Å². The smallest absolute Gasteiger partial charge is 0.123 e. The van der Waals surface area contributed by atoms with Crippen LogP contribution in [0.4, 0.5) is 0 Å². The van der Waals surface area contributed by atoms with Gasteiger partial charge < -0.3 is 4.74 Å². The van der Waals surface area contributed by atoms with Crippen molar-refractivity contribution in [1.82, 2.24) is 14.7 Å². The Morgan fingerprint density at radius 2 is 2.15 bits per heavy atom. The Morgan fingerprint density at radius 3 is 2.80 bits per heavy atom. The molecule has 5 rings (SSSR count). The molecular weight excluding hydrogens is 365 g/mol. The van der Waals surface area contributed by atoms with E-state index in [0.29, 0.717) is 17.5 Å². The molecule has 108 valence electrons. The Balaban J connectivity index is 1.45. The lowest BCUT2D eigenvalue weighted by Crippen LogP contribution is -2.49. The molecule has 2 aliphatic carbocycles. The molecule has 3 heterocycles. The molecule has 2 saturated heterocycles. The van der Waals surface area contributed by atoms with Crippen LogP contribution in [-0.2, 0) is 10.2 Å². The largest absolute Gasteiger partial charge is 0.378 e. The van der Waals surface area contributed by atoms with Gasteiger partial charge in [0.2, 0.25) is 0 Å². The zero-order valence-electron chi connectivity index (χ0n) is 11.6. The van der Waals surface area contributed by atoms with Gasteiger partial charge >= 0.3 is 0 Å². The van der Waals surface area contributed by atoms with Crippen LogP contribution in [0, 0.1) is 9.62 Å². The predicted octanol–water partition coefficient (Wildman–Crippen LogP) is 2.18. The van der Waals surface area contributed by atoms with Crippen LogP contribution in [-0.4, -0.2) is 47.0 Å². The summed E-state index contributed by atoms with van der Waals surface area (Å²) < 4.78 is 8.94. The highest BCUT2D eigenvalue weighted by Gasteiger charge is 2.63. The molecule has 2 atom stereocenters. The minimum absolute atomic E-state index is 0.432.